The smallest absolute Gasteiger partial charge is 0.271 e. The number of unbranched alkanes of at least 4 members (excludes halogenated alkanes) is 1. The highest BCUT2D eigenvalue weighted by molar-refractivity contribution is 9.10. The molecule has 11 nitrogen and oxygen atoms in total. The Labute approximate surface area is 226 Å². The van der Waals surface area contributed by atoms with Gasteiger partial charge in [0, 0.05) is 45.7 Å². The molecule has 0 saturated heterocycles. The minimum Gasteiger partial charge on any atom is -0.384 e. The van der Waals surface area contributed by atoms with E-state index in [1.165, 1.54) is 24.5 Å². The molecule has 1 heterocycles. The molecular weight excluding hydrogens is 612 g/mol. The van der Waals surface area contributed by atoms with Gasteiger partial charge in [0.15, 0.2) is 0 Å². The molecule has 0 saturated carbocycles. The third-order valence-electron chi connectivity index (χ3n) is 4.87. The van der Waals surface area contributed by atoms with Crippen LogP contribution in [0.3, 0.4) is 0 Å². The summed E-state index contributed by atoms with van der Waals surface area (Å²) < 4.78 is 42.9. The highest BCUT2D eigenvalue weighted by atomic mass is 79.9. The van der Waals surface area contributed by atoms with Crippen molar-refractivity contribution in [3.8, 4) is 0 Å². The van der Waals surface area contributed by atoms with Crippen molar-refractivity contribution >= 4 is 72.5 Å². The van der Waals surface area contributed by atoms with Crippen molar-refractivity contribution < 1.29 is 17.6 Å². The van der Waals surface area contributed by atoms with Gasteiger partial charge in [-0.2, -0.15) is 4.98 Å². The molecular formula is C20H30BrClN6O5S2Si. The number of benzene rings is 1. The lowest BCUT2D eigenvalue weighted by Gasteiger charge is -2.15. The van der Waals surface area contributed by atoms with Gasteiger partial charge < -0.3 is 10.6 Å². The number of anilines is 2. The Hall–Kier alpha value is -1.81. The van der Waals surface area contributed by atoms with Crippen molar-refractivity contribution in [3.63, 3.8) is 0 Å². The molecule has 16 heteroatoms. The average Bonchev–Trinajstić information content (AvgIpc) is 2.75. The molecule has 0 spiro atoms. The second-order valence-electron chi connectivity index (χ2n) is 9.31. The molecule has 2 N–H and O–H groups in total. The Bertz CT molecular complexity index is 1330. The summed E-state index contributed by atoms with van der Waals surface area (Å²) in [5.74, 6) is 0.385. The third kappa shape index (κ3) is 9.92. The van der Waals surface area contributed by atoms with Crippen molar-refractivity contribution in [2.24, 2.45) is 3.77 Å². The number of halogens is 2. The van der Waals surface area contributed by atoms with Crippen LogP contribution in [0, 0.1) is 10.1 Å². The molecule has 0 amide bonds. The van der Waals surface area contributed by atoms with E-state index < -0.39 is 32.7 Å². The molecule has 1 atom stereocenters. The molecule has 1 unspecified atom stereocenters. The maximum absolute atomic E-state index is 13.4. The first-order chi connectivity index (χ1) is 16.6. The summed E-state index contributed by atoms with van der Waals surface area (Å²) in [6, 6.07) is 4.24. The van der Waals surface area contributed by atoms with Gasteiger partial charge in [-0.1, -0.05) is 19.6 Å². The second-order valence-corrected chi connectivity index (χ2v) is 20.3. The lowest BCUT2D eigenvalue weighted by Crippen LogP contribution is -2.23. The number of hydrogen-bond acceptors (Lipinski definition) is 9. The van der Waals surface area contributed by atoms with Crippen LogP contribution in [0.2, 0.25) is 31.0 Å². The largest absolute Gasteiger partial charge is 0.384 e. The summed E-state index contributed by atoms with van der Waals surface area (Å²) in [6.45, 7) is 7.10. The third-order valence-corrected chi connectivity index (χ3v) is 11.7. The van der Waals surface area contributed by atoms with Gasteiger partial charge in [-0.05, 0) is 52.5 Å². The molecule has 1 aromatic carbocycles. The Morgan fingerprint density at radius 3 is 2.42 bits per heavy atom. The number of nitro benzene ring substituents is 1. The molecule has 0 aliphatic rings. The lowest BCUT2D eigenvalue weighted by atomic mass is 10.2. The van der Waals surface area contributed by atoms with Crippen LogP contribution in [0.5, 0.6) is 0 Å². The number of nitrogens with one attached hydrogen (secondary N) is 2. The number of nitro groups is 1. The normalized spacial score (nSPS) is 13.6. The fourth-order valence-electron chi connectivity index (χ4n) is 2.98. The first-order valence-electron chi connectivity index (χ1n) is 11.0. The highest BCUT2D eigenvalue weighted by Crippen LogP contribution is 2.29. The lowest BCUT2D eigenvalue weighted by molar-refractivity contribution is -0.384. The van der Waals surface area contributed by atoms with Gasteiger partial charge in [0.1, 0.15) is 5.82 Å². The standard InChI is InChI=1S/C20H30BrClN6O5S2Si/c1-34(31,27-35(32,33)11-12-36(2,3)4)18-8-7-15(28(29)30)13-17(18)23-9-5-6-10-24-19-16(21)14-25-20(22)26-19/h7-8,13-14,23H,5-6,9-12H2,1-4H3,(H,24,25,26). The Balaban J connectivity index is 2.13. The number of nitrogens with zero attached hydrogens (tertiary/aromatic N) is 4. The van der Waals surface area contributed by atoms with Crippen LogP contribution in [0.25, 0.3) is 0 Å². The Morgan fingerprint density at radius 2 is 1.81 bits per heavy atom. The van der Waals surface area contributed by atoms with Crippen LogP contribution in [0.1, 0.15) is 12.8 Å². The van der Waals surface area contributed by atoms with Crippen LogP contribution >= 0.6 is 27.5 Å². The predicted octanol–water partition coefficient (Wildman–Crippen LogP) is 5.23. The fourth-order valence-corrected chi connectivity index (χ4v) is 10.1. The molecule has 0 fully saturated rings. The van der Waals surface area contributed by atoms with Crippen LogP contribution in [0.4, 0.5) is 17.2 Å². The van der Waals surface area contributed by atoms with Crippen LogP contribution in [0.15, 0.2) is 37.5 Å². The van der Waals surface area contributed by atoms with Crippen LogP contribution in [-0.4, -0.2) is 60.7 Å². The molecule has 200 valence electrons. The summed E-state index contributed by atoms with van der Waals surface area (Å²) in [6.07, 6.45) is 4.14. The molecule has 0 bridgehead atoms. The van der Waals surface area contributed by atoms with E-state index in [9.17, 15) is 22.7 Å². The zero-order valence-corrected chi connectivity index (χ0v) is 25.4. The quantitative estimate of drug-likeness (QED) is 0.0983. The molecule has 2 rings (SSSR count). The molecule has 0 aliphatic carbocycles. The van der Waals surface area contributed by atoms with E-state index in [1.54, 1.807) is 6.20 Å². The maximum atomic E-state index is 13.4. The van der Waals surface area contributed by atoms with E-state index in [2.05, 4.69) is 40.3 Å². The van der Waals surface area contributed by atoms with E-state index in [1.807, 2.05) is 19.6 Å². The fraction of sp³-hybridized carbons (Fsp3) is 0.500. The molecule has 36 heavy (non-hydrogen) atoms. The number of aromatic nitrogens is 2. The van der Waals surface area contributed by atoms with E-state index >= 15 is 0 Å². The van der Waals surface area contributed by atoms with Crippen molar-refractivity contribution in [3.05, 3.63) is 44.3 Å². The molecule has 2 aromatic rings. The molecule has 1 aromatic heterocycles. The zero-order valence-electron chi connectivity index (χ0n) is 20.5. The Morgan fingerprint density at radius 1 is 1.17 bits per heavy atom. The first kappa shape index (κ1) is 30.4. The minimum atomic E-state index is -3.94. The van der Waals surface area contributed by atoms with E-state index in [0.29, 0.717) is 42.3 Å². The number of non-ortho nitro benzene ring substituents is 1. The Kier molecular flexibility index (Phi) is 10.7. The summed E-state index contributed by atoms with van der Waals surface area (Å²) in [4.78, 5) is 18.8. The van der Waals surface area contributed by atoms with Gasteiger partial charge in [0.05, 0.1) is 35.5 Å². The molecule has 0 aliphatic heterocycles. The van der Waals surface area contributed by atoms with Gasteiger partial charge in [-0.3, -0.25) is 10.1 Å². The predicted molar refractivity (Wildman–Crippen MR) is 151 cm³/mol. The van der Waals surface area contributed by atoms with Crippen molar-refractivity contribution in [2.75, 3.05) is 35.7 Å². The average molecular weight is 642 g/mol. The van der Waals surface area contributed by atoms with Gasteiger partial charge in [0.25, 0.3) is 15.7 Å². The van der Waals surface area contributed by atoms with Crippen LogP contribution < -0.4 is 10.6 Å². The first-order valence-corrected chi connectivity index (χ1v) is 19.4. The van der Waals surface area contributed by atoms with Gasteiger partial charge in [0.2, 0.25) is 5.28 Å². The van der Waals surface area contributed by atoms with Crippen molar-refractivity contribution in [1.29, 1.82) is 0 Å². The van der Waals surface area contributed by atoms with Gasteiger partial charge >= 0.3 is 0 Å². The maximum Gasteiger partial charge on any atom is 0.271 e. The summed E-state index contributed by atoms with van der Waals surface area (Å²) in [5, 5.41) is 17.6. The topological polar surface area (TPSA) is 157 Å². The van der Waals surface area contributed by atoms with Crippen molar-refractivity contribution in [2.45, 2.75) is 43.4 Å². The zero-order chi connectivity index (χ0) is 27.1. The summed E-state index contributed by atoms with van der Waals surface area (Å²) >= 11 is 9.14. The highest BCUT2D eigenvalue weighted by Gasteiger charge is 2.23. The van der Waals surface area contributed by atoms with Gasteiger partial charge in [-0.15, -0.1) is 3.77 Å². The van der Waals surface area contributed by atoms with Crippen molar-refractivity contribution in [1.82, 2.24) is 9.97 Å². The van der Waals surface area contributed by atoms with Crippen LogP contribution in [-0.2, 0) is 19.8 Å². The minimum absolute atomic E-state index is 0.113. The second kappa shape index (κ2) is 12.6. The monoisotopic (exact) mass is 640 g/mol. The van der Waals surface area contributed by atoms with E-state index in [-0.39, 0.29) is 27.3 Å². The summed E-state index contributed by atoms with van der Waals surface area (Å²) in [5.41, 5.74) is 0.0179. The SMILES string of the molecule is C[Si](C)(C)CCS(=O)(=O)N=S(C)(=O)c1ccc([N+](=O)[O-])cc1NCCCCNc1nc(Cl)ncc1Br. The van der Waals surface area contributed by atoms with E-state index in [4.69, 9.17) is 11.6 Å². The number of hydrogen-bond donors (Lipinski definition) is 2. The number of rotatable bonds is 13. The molecule has 0 radical (unpaired) electrons. The number of sulfonamides is 1. The van der Waals surface area contributed by atoms with Gasteiger partial charge in [-0.25, -0.2) is 17.6 Å². The summed E-state index contributed by atoms with van der Waals surface area (Å²) in [7, 11) is -8.97. The van der Waals surface area contributed by atoms with E-state index in [0.717, 1.165) is 0 Å².